The van der Waals surface area contributed by atoms with Crippen LogP contribution < -0.4 is 0 Å². The third-order valence-corrected chi connectivity index (χ3v) is 5.35. The molecule has 0 spiro atoms. The third-order valence-electron chi connectivity index (χ3n) is 5.35. The first kappa shape index (κ1) is 13.2. The van der Waals surface area contributed by atoms with E-state index in [-0.39, 0.29) is 0 Å². The molecule has 0 aliphatic heterocycles. The minimum Gasteiger partial charge on any atom is -0.0617 e. The molecule has 0 atom stereocenters. The van der Waals surface area contributed by atoms with Crippen LogP contribution in [0.25, 0.3) is 0 Å². The largest absolute Gasteiger partial charge is 0.0617 e. The highest BCUT2D eigenvalue weighted by Gasteiger charge is 2.27. The first-order valence-corrected chi connectivity index (χ1v) is 8.40. The Kier molecular flexibility index (Phi) is 3.96. The van der Waals surface area contributed by atoms with Gasteiger partial charge in [-0.3, -0.25) is 0 Å². The fraction of sp³-hybridized carbons (Fsp3) is 0.684. The molecule has 0 saturated heterocycles. The molecule has 0 unspecified atom stereocenters. The molecule has 0 nitrogen and oxygen atoms in total. The maximum atomic E-state index is 2.45. The van der Waals surface area contributed by atoms with Crippen LogP contribution in [0.15, 0.2) is 18.2 Å². The van der Waals surface area contributed by atoms with Crippen molar-refractivity contribution >= 4 is 0 Å². The molecule has 0 amide bonds. The van der Waals surface area contributed by atoms with E-state index in [0.29, 0.717) is 5.92 Å². The van der Waals surface area contributed by atoms with Crippen LogP contribution in [0.2, 0.25) is 0 Å². The predicted octanol–water partition coefficient (Wildman–Crippen LogP) is 6.13. The molecule has 0 bridgehead atoms. The lowest BCUT2D eigenvalue weighted by Gasteiger charge is -2.25. The normalized spacial score (nSPS) is 21.6. The maximum absolute atomic E-state index is 2.45. The van der Waals surface area contributed by atoms with E-state index in [1.54, 1.807) is 16.7 Å². The van der Waals surface area contributed by atoms with E-state index in [9.17, 15) is 0 Å². The zero-order valence-corrected chi connectivity index (χ0v) is 12.6. The van der Waals surface area contributed by atoms with E-state index in [1.165, 1.54) is 51.4 Å². The number of benzene rings is 1. The standard InChI is InChI=1S/C19H28/c1-14(2)17-12-7-13-18(15-8-3-4-9-15)19(17)16-10-5-6-11-16/h7,12-16H,3-6,8-11H2,1-2H3. The molecule has 2 fully saturated rings. The van der Waals surface area contributed by atoms with Crippen molar-refractivity contribution in [2.45, 2.75) is 83.0 Å². The van der Waals surface area contributed by atoms with Crippen molar-refractivity contribution in [1.29, 1.82) is 0 Å². The molecule has 3 rings (SSSR count). The first-order valence-electron chi connectivity index (χ1n) is 8.40. The van der Waals surface area contributed by atoms with Crippen molar-refractivity contribution in [3.05, 3.63) is 34.9 Å². The van der Waals surface area contributed by atoms with Gasteiger partial charge < -0.3 is 0 Å². The molecule has 0 N–H and O–H groups in total. The molecule has 19 heavy (non-hydrogen) atoms. The summed E-state index contributed by atoms with van der Waals surface area (Å²) in [6.45, 7) is 4.73. The second-order valence-electron chi connectivity index (χ2n) is 6.97. The van der Waals surface area contributed by atoms with Gasteiger partial charge in [-0.25, -0.2) is 0 Å². The smallest absolute Gasteiger partial charge is 0.0156 e. The van der Waals surface area contributed by atoms with E-state index < -0.39 is 0 Å². The molecule has 0 aromatic heterocycles. The van der Waals surface area contributed by atoms with Crippen molar-refractivity contribution in [3.63, 3.8) is 0 Å². The summed E-state index contributed by atoms with van der Waals surface area (Å²) in [6, 6.07) is 7.17. The van der Waals surface area contributed by atoms with Crippen LogP contribution in [0.5, 0.6) is 0 Å². The average molecular weight is 256 g/mol. The summed E-state index contributed by atoms with van der Waals surface area (Å²) in [6.07, 6.45) is 11.5. The Bertz CT molecular complexity index is 418. The second kappa shape index (κ2) is 5.69. The Morgan fingerprint density at radius 3 is 2.00 bits per heavy atom. The van der Waals surface area contributed by atoms with Crippen LogP contribution in [0.3, 0.4) is 0 Å². The fourth-order valence-corrected chi connectivity index (χ4v) is 4.38. The molecule has 1 aromatic carbocycles. The van der Waals surface area contributed by atoms with Crippen molar-refractivity contribution < 1.29 is 0 Å². The SMILES string of the molecule is CC(C)c1cccc(C2CCCC2)c1C1CCCC1. The lowest BCUT2D eigenvalue weighted by Crippen LogP contribution is -2.08. The Hall–Kier alpha value is -0.780. The topological polar surface area (TPSA) is 0 Å². The zero-order chi connectivity index (χ0) is 13.2. The lowest BCUT2D eigenvalue weighted by atomic mass is 9.80. The van der Waals surface area contributed by atoms with E-state index in [2.05, 4.69) is 32.0 Å². The van der Waals surface area contributed by atoms with Gasteiger partial charge in [-0.05, 0) is 60.1 Å². The Labute approximate surface area is 118 Å². The fourth-order valence-electron chi connectivity index (χ4n) is 4.38. The van der Waals surface area contributed by atoms with Crippen molar-refractivity contribution in [3.8, 4) is 0 Å². The molecule has 0 heterocycles. The highest BCUT2D eigenvalue weighted by Crippen LogP contribution is 2.45. The second-order valence-corrected chi connectivity index (χ2v) is 6.97. The van der Waals surface area contributed by atoms with Gasteiger partial charge in [0.05, 0.1) is 0 Å². The van der Waals surface area contributed by atoms with Crippen molar-refractivity contribution in [2.24, 2.45) is 0 Å². The Balaban J connectivity index is 2.03. The summed E-state index contributed by atoms with van der Waals surface area (Å²) in [5.74, 6) is 2.42. The van der Waals surface area contributed by atoms with Crippen molar-refractivity contribution in [1.82, 2.24) is 0 Å². The zero-order valence-electron chi connectivity index (χ0n) is 12.6. The molecule has 2 aliphatic carbocycles. The highest BCUT2D eigenvalue weighted by atomic mass is 14.3. The Morgan fingerprint density at radius 2 is 1.42 bits per heavy atom. The van der Waals surface area contributed by atoms with Crippen LogP contribution in [-0.2, 0) is 0 Å². The average Bonchev–Trinajstić information content (AvgIpc) is 3.11. The monoisotopic (exact) mass is 256 g/mol. The van der Waals surface area contributed by atoms with Crippen LogP contribution in [0.1, 0.15) is 99.7 Å². The van der Waals surface area contributed by atoms with Gasteiger partial charge in [0.1, 0.15) is 0 Å². The molecular weight excluding hydrogens is 228 g/mol. The molecular formula is C19H28. The van der Waals surface area contributed by atoms with E-state index in [4.69, 9.17) is 0 Å². The number of hydrogen-bond donors (Lipinski definition) is 0. The summed E-state index contributed by atoms with van der Waals surface area (Å²) in [7, 11) is 0. The predicted molar refractivity (Wildman–Crippen MR) is 82.9 cm³/mol. The van der Waals surface area contributed by atoms with Gasteiger partial charge in [0.25, 0.3) is 0 Å². The number of hydrogen-bond acceptors (Lipinski definition) is 0. The van der Waals surface area contributed by atoms with Gasteiger partial charge in [0, 0.05) is 0 Å². The van der Waals surface area contributed by atoms with Crippen molar-refractivity contribution in [2.75, 3.05) is 0 Å². The van der Waals surface area contributed by atoms with Crippen LogP contribution in [-0.4, -0.2) is 0 Å². The van der Waals surface area contributed by atoms with Gasteiger partial charge in [-0.1, -0.05) is 57.7 Å². The van der Waals surface area contributed by atoms with Gasteiger partial charge >= 0.3 is 0 Å². The molecule has 0 radical (unpaired) electrons. The minimum absolute atomic E-state index is 0.678. The van der Waals surface area contributed by atoms with E-state index in [0.717, 1.165) is 11.8 Å². The maximum Gasteiger partial charge on any atom is -0.0156 e. The Morgan fingerprint density at radius 1 is 0.842 bits per heavy atom. The molecule has 0 heteroatoms. The summed E-state index contributed by atoms with van der Waals surface area (Å²) in [5.41, 5.74) is 5.16. The molecule has 2 aliphatic rings. The first-order chi connectivity index (χ1) is 9.27. The number of rotatable bonds is 3. The van der Waals surface area contributed by atoms with Gasteiger partial charge in [-0.15, -0.1) is 0 Å². The summed E-state index contributed by atoms with van der Waals surface area (Å²) < 4.78 is 0. The summed E-state index contributed by atoms with van der Waals surface area (Å²) in [4.78, 5) is 0. The highest BCUT2D eigenvalue weighted by molar-refractivity contribution is 5.42. The lowest BCUT2D eigenvalue weighted by molar-refractivity contribution is 0.649. The van der Waals surface area contributed by atoms with Crippen LogP contribution >= 0.6 is 0 Å². The summed E-state index contributed by atoms with van der Waals surface area (Å²) >= 11 is 0. The van der Waals surface area contributed by atoms with Gasteiger partial charge in [0.15, 0.2) is 0 Å². The van der Waals surface area contributed by atoms with Crippen LogP contribution in [0.4, 0.5) is 0 Å². The van der Waals surface area contributed by atoms with Gasteiger partial charge in [0.2, 0.25) is 0 Å². The third kappa shape index (κ3) is 2.59. The molecule has 1 aromatic rings. The quantitative estimate of drug-likeness (QED) is 0.610. The van der Waals surface area contributed by atoms with Crippen LogP contribution in [0, 0.1) is 0 Å². The summed E-state index contributed by atoms with van der Waals surface area (Å²) in [5, 5.41) is 0. The minimum atomic E-state index is 0.678. The van der Waals surface area contributed by atoms with E-state index >= 15 is 0 Å². The molecule has 2 saturated carbocycles. The van der Waals surface area contributed by atoms with Gasteiger partial charge in [-0.2, -0.15) is 0 Å². The van der Waals surface area contributed by atoms with E-state index in [1.807, 2.05) is 0 Å². The molecule has 104 valence electrons.